The summed E-state index contributed by atoms with van der Waals surface area (Å²) in [4.78, 5) is 12.7. The van der Waals surface area contributed by atoms with Crippen LogP contribution in [0.3, 0.4) is 0 Å². The number of pyridine rings is 1. The molecule has 0 aromatic carbocycles. The number of aryl methyl sites for hydroxylation is 1. The Hall–Kier alpha value is -1.94. The van der Waals surface area contributed by atoms with Gasteiger partial charge in [-0.05, 0) is 31.5 Å². The van der Waals surface area contributed by atoms with Crippen LogP contribution in [0.4, 0.5) is 0 Å². The molecule has 3 aromatic heterocycles. The van der Waals surface area contributed by atoms with E-state index in [-0.39, 0.29) is 0 Å². The van der Waals surface area contributed by atoms with Crippen molar-refractivity contribution < 1.29 is 0 Å². The first-order valence-corrected chi connectivity index (χ1v) is 5.97. The van der Waals surface area contributed by atoms with E-state index in [2.05, 4.69) is 15.0 Å². The fraction of sp³-hybridized carbons (Fsp3) is 0.154. The summed E-state index contributed by atoms with van der Waals surface area (Å²) in [7, 11) is 0. The summed E-state index contributed by atoms with van der Waals surface area (Å²) in [5, 5.41) is 1.37. The summed E-state index contributed by atoms with van der Waals surface area (Å²) in [5.74, 6) is 0.836. The quantitative estimate of drug-likeness (QED) is 0.630. The Kier molecular flexibility index (Phi) is 2.52. The summed E-state index contributed by atoms with van der Waals surface area (Å²) < 4.78 is 2.00. The molecule has 0 saturated carbocycles. The van der Waals surface area contributed by atoms with Crippen molar-refractivity contribution in [1.29, 1.82) is 0 Å². The van der Waals surface area contributed by atoms with Gasteiger partial charge in [-0.25, -0.2) is 15.0 Å². The zero-order chi connectivity index (χ0) is 12.7. The first-order valence-electron chi connectivity index (χ1n) is 5.59. The van der Waals surface area contributed by atoms with E-state index >= 15 is 0 Å². The van der Waals surface area contributed by atoms with Gasteiger partial charge in [-0.3, -0.25) is 4.57 Å². The number of halogens is 1. The molecule has 3 rings (SSSR count). The number of fused-ring (bicyclic) bond motifs is 1. The van der Waals surface area contributed by atoms with Crippen LogP contribution < -0.4 is 0 Å². The van der Waals surface area contributed by atoms with Crippen LogP contribution >= 0.6 is 11.6 Å². The molecule has 90 valence electrons. The fourth-order valence-corrected chi connectivity index (χ4v) is 2.39. The normalized spacial score (nSPS) is 11.1. The van der Waals surface area contributed by atoms with Crippen molar-refractivity contribution in [1.82, 2.24) is 19.5 Å². The Morgan fingerprint density at radius 1 is 1.11 bits per heavy atom. The third kappa shape index (κ3) is 1.49. The number of hydrogen-bond donors (Lipinski definition) is 0. The van der Waals surface area contributed by atoms with Crippen LogP contribution in [0.25, 0.3) is 16.9 Å². The summed E-state index contributed by atoms with van der Waals surface area (Å²) >= 11 is 6.15. The molecule has 0 aliphatic carbocycles. The molecule has 0 amide bonds. The van der Waals surface area contributed by atoms with Gasteiger partial charge in [0.15, 0.2) is 5.65 Å². The molecule has 4 nitrogen and oxygen atoms in total. The van der Waals surface area contributed by atoms with E-state index in [0.717, 1.165) is 28.1 Å². The maximum atomic E-state index is 6.15. The van der Waals surface area contributed by atoms with Crippen molar-refractivity contribution in [3.05, 3.63) is 47.1 Å². The molecule has 0 aliphatic heterocycles. The SMILES string of the molecule is Cc1c(C)n(-c2ccccn2)c2ncnc(Cl)c12. The second-order valence-electron chi connectivity index (χ2n) is 4.10. The van der Waals surface area contributed by atoms with Gasteiger partial charge in [0.25, 0.3) is 0 Å². The Bertz CT molecular complexity index is 719. The first-order chi connectivity index (χ1) is 8.70. The van der Waals surface area contributed by atoms with Gasteiger partial charge in [-0.15, -0.1) is 0 Å². The molecule has 5 heteroatoms. The molecule has 3 heterocycles. The fourth-order valence-electron chi connectivity index (χ4n) is 2.12. The second-order valence-corrected chi connectivity index (χ2v) is 4.45. The maximum absolute atomic E-state index is 6.15. The minimum Gasteiger partial charge on any atom is -0.282 e. The van der Waals surface area contributed by atoms with E-state index in [9.17, 15) is 0 Å². The van der Waals surface area contributed by atoms with Crippen LogP contribution in [0.5, 0.6) is 0 Å². The van der Waals surface area contributed by atoms with Gasteiger partial charge >= 0.3 is 0 Å². The molecule has 18 heavy (non-hydrogen) atoms. The zero-order valence-corrected chi connectivity index (χ0v) is 10.8. The van der Waals surface area contributed by atoms with Gasteiger partial charge in [0, 0.05) is 11.9 Å². The molecule has 3 aromatic rings. The van der Waals surface area contributed by atoms with Gasteiger partial charge in [-0.2, -0.15) is 0 Å². The average Bonchev–Trinajstić information content (AvgIpc) is 2.64. The highest BCUT2D eigenvalue weighted by atomic mass is 35.5. The van der Waals surface area contributed by atoms with Gasteiger partial charge in [0.05, 0.1) is 5.39 Å². The number of nitrogens with zero attached hydrogens (tertiary/aromatic N) is 4. The summed E-state index contributed by atoms with van der Waals surface area (Å²) in [6.07, 6.45) is 3.24. The highest BCUT2D eigenvalue weighted by Crippen LogP contribution is 2.29. The predicted molar refractivity (Wildman–Crippen MR) is 71.1 cm³/mol. The van der Waals surface area contributed by atoms with E-state index in [4.69, 9.17) is 11.6 Å². The predicted octanol–water partition coefficient (Wildman–Crippen LogP) is 3.09. The van der Waals surface area contributed by atoms with Crippen LogP contribution in [0.2, 0.25) is 5.15 Å². The summed E-state index contributed by atoms with van der Waals surface area (Å²) in [6, 6.07) is 5.78. The van der Waals surface area contributed by atoms with E-state index in [1.54, 1.807) is 6.20 Å². The molecular formula is C13H11ClN4. The monoisotopic (exact) mass is 258 g/mol. The topological polar surface area (TPSA) is 43.6 Å². The van der Waals surface area contributed by atoms with E-state index in [1.807, 2.05) is 36.6 Å². The lowest BCUT2D eigenvalue weighted by molar-refractivity contribution is 0.965. The number of rotatable bonds is 1. The van der Waals surface area contributed by atoms with Crippen molar-refractivity contribution in [3.63, 3.8) is 0 Å². The van der Waals surface area contributed by atoms with Crippen molar-refractivity contribution >= 4 is 22.6 Å². The van der Waals surface area contributed by atoms with Crippen LogP contribution in [0.15, 0.2) is 30.7 Å². The van der Waals surface area contributed by atoms with E-state index in [1.165, 1.54) is 6.33 Å². The first kappa shape index (κ1) is 11.2. The molecule has 0 spiro atoms. The zero-order valence-electron chi connectivity index (χ0n) is 10.1. The minimum atomic E-state index is 0.482. The largest absolute Gasteiger partial charge is 0.282 e. The Morgan fingerprint density at radius 2 is 1.94 bits per heavy atom. The maximum Gasteiger partial charge on any atom is 0.151 e. The van der Waals surface area contributed by atoms with E-state index in [0.29, 0.717) is 5.15 Å². The molecule has 0 radical (unpaired) electrons. The smallest absolute Gasteiger partial charge is 0.151 e. The Morgan fingerprint density at radius 3 is 2.67 bits per heavy atom. The number of hydrogen-bond acceptors (Lipinski definition) is 3. The van der Waals surface area contributed by atoms with Crippen molar-refractivity contribution in [3.8, 4) is 5.82 Å². The number of aromatic nitrogens is 4. The highest BCUT2D eigenvalue weighted by molar-refractivity contribution is 6.34. The second kappa shape index (κ2) is 4.07. The lowest BCUT2D eigenvalue weighted by Gasteiger charge is -2.05. The van der Waals surface area contributed by atoms with Crippen LogP contribution in [0, 0.1) is 13.8 Å². The molecule has 0 aliphatic rings. The van der Waals surface area contributed by atoms with Crippen molar-refractivity contribution in [2.45, 2.75) is 13.8 Å². The lowest BCUT2D eigenvalue weighted by Crippen LogP contribution is -2.00. The van der Waals surface area contributed by atoms with Crippen LogP contribution in [-0.2, 0) is 0 Å². The van der Waals surface area contributed by atoms with Gasteiger partial charge in [0.1, 0.15) is 17.3 Å². The summed E-state index contributed by atoms with van der Waals surface area (Å²) in [5.41, 5.74) is 2.95. The molecule has 0 N–H and O–H groups in total. The molecule has 0 fully saturated rings. The van der Waals surface area contributed by atoms with Crippen molar-refractivity contribution in [2.75, 3.05) is 0 Å². The molecule has 0 atom stereocenters. The average molecular weight is 259 g/mol. The molecule has 0 unspecified atom stereocenters. The molecular weight excluding hydrogens is 248 g/mol. The highest BCUT2D eigenvalue weighted by Gasteiger charge is 2.16. The molecule has 0 bridgehead atoms. The third-order valence-corrected chi connectivity index (χ3v) is 3.41. The Balaban J connectivity index is 2.44. The summed E-state index contributed by atoms with van der Waals surface area (Å²) in [6.45, 7) is 4.05. The molecule has 0 saturated heterocycles. The van der Waals surface area contributed by atoms with Crippen LogP contribution in [0.1, 0.15) is 11.3 Å². The Labute approximate surface area is 109 Å². The third-order valence-electron chi connectivity index (χ3n) is 3.12. The standard InChI is InChI=1S/C13H11ClN4/c1-8-9(2)18(10-5-3-4-6-15-10)13-11(8)12(14)16-7-17-13/h3-7H,1-2H3. The lowest BCUT2D eigenvalue weighted by atomic mass is 10.2. The van der Waals surface area contributed by atoms with Gasteiger partial charge in [0.2, 0.25) is 0 Å². The van der Waals surface area contributed by atoms with Gasteiger partial charge in [-0.1, -0.05) is 17.7 Å². The van der Waals surface area contributed by atoms with Crippen LogP contribution in [-0.4, -0.2) is 19.5 Å². The minimum absolute atomic E-state index is 0.482. The van der Waals surface area contributed by atoms with Crippen molar-refractivity contribution in [2.24, 2.45) is 0 Å². The van der Waals surface area contributed by atoms with Gasteiger partial charge < -0.3 is 0 Å². The van der Waals surface area contributed by atoms with E-state index < -0.39 is 0 Å².